The summed E-state index contributed by atoms with van der Waals surface area (Å²) in [5.74, 6) is -0.836. The van der Waals surface area contributed by atoms with Gasteiger partial charge in [-0.05, 0) is 44.9 Å². The zero-order valence-corrected chi connectivity index (χ0v) is 56.8. The van der Waals surface area contributed by atoms with Crippen molar-refractivity contribution in [3.05, 3.63) is 12.2 Å². The van der Waals surface area contributed by atoms with Gasteiger partial charge in [-0.25, -0.2) is 0 Å². The van der Waals surface area contributed by atoms with E-state index in [1.54, 1.807) is 0 Å². The first-order valence-corrected chi connectivity index (χ1v) is 38.2. The minimum atomic E-state index is -0.770. The molecule has 0 aromatic heterocycles. The average molecular weight is 1170 g/mol. The van der Waals surface area contributed by atoms with Gasteiger partial charge in [-0.15, -0.1) is 0 Å². The molecule has 0 amide bonds. The van der Waals surface area contributed by atoms with Crippen molar-refractivity contribution in [2.45, 2.75) is 451 Å². The lowest BCUT2D eigenvalue weighted by Crippen LogP contribution is -2.30. The van der Waals surface area contributed by atoms with E-state index >= 15 is 0 Å². The highest BCUT2D eigenvalue weighted by Gasteiger charge is 2.20. The molecule has 6 heteroatoms. The van der Waals surface area contributed by atoms with Gasteiger partial charge in [-0.3, -0.25) is 14.4 Å². The lowest BCUT2D eigenvalue weighted by molar-refractivity contribution is -0.167. The van der Waals surface area contributed by atoms with Gasteiger partial charge in [0.15, 0.2) is 6.10 Å². The molecule has 0 aliphatic heterocycles. The molecule has 0 radical (unpaired) electrons. The second-order valence-corrected chi connectivity index (χ2v) is 26.3. The van der Waals surface area contributed by atoms with Crippen LogP contribution in [-0.4, -0.2) is 37.2 Å². The zero-order valence-electron chi connectivity index (χ0n) is 56.8. The van der Waals surface area contributed by atoms with Crippen LogP contribution < -0.4 is 0 Å². The molecule has 0 aromatic rings. The van der Waals surface area contributed by atoms with Crippen LogP contribution in [0.3, 0.4) is 0 Å². The van der Waals surface area contributed by atoms with E-state index in [0.29, 0.717) is 19.3 Å². The van der Waals surface area contributed by atoms with Gasteiger partial charge >= 0.3 is 17.9 Å². The minimum absolute atomic E-state index is 0.0655. The van der Waals surface area contributed by atoms with E-state index < -0.39 is 6.10 Å². The van der Waals surface area contributed by atoms with E-state index in [-0.39, 0.29) is 31.1 Å². The van der Waals surface area contributed by atoms with Crippen molar-refractivity contribution >= 4 is 17.9 Å². The number of esters is 3. The highest BCUT2D eigenvalue weighted by Crippen LogP contribution is 2.20. The Morgan fingerprint density at radius 3 is 0.614 bits per heavy atom. The van der Waals surface area contributed by atoms with Gasteiger partial charge in [0.2, 0.25) is 0 Å². The molecule has 0 aromatic carbocycles. The average Bonchev–Trinajstić information content (AvgIpc) is 3.49. The molecule has 492 valence electrons. The second-order valence-electron chi connectivity index (χ2n) is 26.3. The molecule has 83 heavy (non-hydrogen) atoms. The Labute approximate surface area is 520 Å². The van der Waals surface area contributed by atoms with E-state index in [4.69, 9.17) is 14.2 Å². The highest BCUT2D eigenvalue weighted by atomic mass is 16.6. The van der Waals surface area contributed by atoms with E-state index in [2.05, 4.69) is 32.9 Å². The molecule has 0 aliphatic carbocycles. The zero-order chi connectivity index (χ0) is 59.9. The van der Waals surface area contributed by atoms with Crippen molar-refractivity contribution in [3.63, 3.8) is 0 Å². The third-order valence-corrected chi connectivity index (χ3v) is 17.8. The van der Waals surface area contributed by atoms with Gasteiger partial charge in [-0.1, -0.05) is 392 Å². The molecule has 0 saturated heterocycles. The molecule has 0 bridgehead atoms. The summed E-state index contributed by atoms with van der Waals surface area (Å²) in [6.07, 6.45) is 88.5. The molecule has 0 N–H and O–H groups in total. The maximum atomic E-state index is 13.0. The standard InChI is InChI=1S/C77H148O6/c1-4-7-10-13-16-19-22-25-27-29-31-33-35-36-37-38-39-40-42-43-45-47-49-52-55-58-61-64-67-70-76(79)82-73-74(72-81-75(78)69-66-63-60-57-54-51-24-21-18-15-12-9-6-3)83-77(80)71-68-65-62-59-56-53-50-48-46-44-41-34-32-30-28-26-23-20-17-14-11-8-5-2/h21,24,74H,4-20,22-23,25-73H2,1-3H3/b24-21-. The van der Waals surface area contributed by atoms with E-state index in [1.165, 1.54) is 340 Å². The SMILES string of the molecule is CCCCCC/C=C\CCCCCCCC(=O)OCC(COC(=O)CCCCCCCCCCCCCCCCCCCCCCCCCCCCCCC)OC(=O)CCCCCCCCCCCCCCCCCCCCCCCCC. The van der Waals surface area contributed by atoms with Crippen LogP contribution >= 0.6 is 0 Å². The van der Waals surface area contributed by atoms with Crippen LogP contribution in [0.4, 0.5) is 0 Å². The van der Waals surface area contributed by atoms with Crippen molar-refractivity contribution in [1.29, 1.82) is 0 Å². The Kier molecular flexibility index (Phi) is 71.0. The number of hydrogen-bond acceptors (Lipinski definition) is 6. The van der Waals surface area contributed by atoms with Crippen LogP contribution in [0.25, 0.3) is 0 Å². The van der Waals surface area contributed by atoms with E-state index in [1.807, 2.05) is 0 Å². The molecule has 1 unspecified atom stereocenters. The van der Waals surface area contributed by atoms with Gasteiger partial charge in [0.05, 0.1) is 0 Å². The number of rotatable bonds is 72. The van der Waals surface area contributed by atoms with Gasteiger partial charge in [0.1, 0.15) is 13.2 Å². The summed E-state index contributed by atoms with van der Waals surface area (Å²) >= 11 is 0. The molecule has 0 fully saturated rings. The lowest BCUT2D eigenvalue weighted by atomic mass is 10.0. The minimum Gasteiger partial charge on any atom is -0.462 e. The summed E-state index contributed by atoms with van der Waals surface area (Å²) < 4.78 is 17.0. The molecular formula is C77H148O6. The first-order valence-electron chi connectivity index (χ1n) is 38.2. The van der Waals surface area contributed by atoms with Gasteiger partial charge in [0.25, 0.3) is 0 Å². The Bertz CT molecular complexity index is 1300. The predicted molar refractivity (Wildman–Crippen MR) is 363 cm³/mol. The highest BCUT2D eigenvalue weighted by molar-refractivity contribution is 5.71. The number of hydrogen-bond donors (Lipinski definition) is 0. The Hall–Kier alpha value is -1.85. The quantitative estimate of drug-likeness (QED) is 0.0261. The lowest BCUT2D eigenvalue weighted by Gasteiger charge is -2.18. The van der Waals surface area contributed by atoms with Gasteiger partial charge < -0.3 is 14.2 Å². The van der Waals surface area contributed by atoms with Crippen molar-refractivity contribution < 1.29 is 28.6 Å². The van der Waals surface area contributed by atoms with Crippen LogP contribution in [0.15, 0.2) is 12.2 Å². The second kappa shape index (κ2) is 72.6. The smallest absolute Gasteiger partial charge is 0.306 e. The summed E-state index contributed by atoms with van der Waals surface area (Å²) in [4.78, 5) is 38.5. The largest absolute Gasteiger partial charge is 0.462 e. The maximum Gasteiger partial charge on any atom is 0.306 e. The van der Waals surface area contributed by atoms with Crippen molar-refractivity contribution in [3.8, 4) is 0 Å². The molecule has 6 nitrogen and oxygen atoms in total. The number of carbonyl (C=O) groups excluding carboxylic acids is 3. The molecule has 0 spiro atoms. The molecule has 0 rings (SSSR count). The van der Waals surface area contributed by atoms with Gasteiger partial charge in [0, 0.05) is 19.3 Å². The van der Waals surface area contributed by atoms with Crippen molar-refractivity contribution in [2.75, 3.05) is 13.2 Å². The third-order valence-electron chi connectivity index (χ3n) is 17.8. The predicted octanol–water partition coefficient (Wildman–Crippen LogP) is 26.3. The number of allylic oxidation sites excluding steroid dienone is 2. The summed E-state index contributed by atoms with van der Waals surface area (Å²) in [6.45, 7) is 6.72. The van der Waals surface area contributed by atoms with Crippen molar-refractivity contribution in [2.24, 2.45) is 0 Å². The molecule has 1 atom stereocenters. The summed E-state index contributed by atoms with van der Waals surface area (Å²) in [5.41, 5.74) is 0. The molecule has 0 heterocycles. The Balaban J connectivity index is 4.15. The first-order chi connectivity index (χ1) is 41.0. The molecule has 0 aliphatic rings. The fourth-order valence-corrected chi connectivity index (χ4v) is 12.0. The van der Waals surface area contributed by atoms with E-state index in [9.17, 15) is 14.4 Å². The van der Waals surface area contributed by atoms with Crippen LogP contribution in [0.1, 0.15) is 445 Å². The normalized spacial score (nSPS) is 12.0. The van der Waals surface area contributed by atoms with Crippen LogP contribution in [0.5, 0.6) is 0 Å². The molecular weight excluding hydrogens is 1020 g/mol. The molecule has 0 saturated carbocycles. The Morgan fingerprint density at radius 2 is 0.398 bits per heavy atom. The number of ether oxygens (including phenoxy) is 3. The first kappa shape index (κ1) is 81.2. The summed E-state index contributed by atoms with van der Waals surface area (Å²) in [7, 11) is 0. The maximum absolute atomic E-state index is 13.0. The fourth-order valence-electron chi connectivity index (χ4n) is 12.0. The van der Waals surface area contributed by atoms with Gasteiger partial charge in [-0.2, -0.15) is 0 Å². The number of carbonyl (C=O) groups is 3. The topological polar surface area (TPSA) is 78.9 Å². The van der Waals surface area contributed by atoms with E-state index in [0.717, 1.165) is 64.2 Å². The van der Waals surface area contributed by atoms with Crippen LogP contribution in [0, 0.1) is 0 Å². The summed E-state index contributed by atoms with van der Waals surface area (Å²) in [5, 5.41) is 0. The monoisotopic (exact) mass is 1170 g/mol. The summed E-state index contributed by atoms with van der Waals surface area (Å²) in [6, 6.07) is 0. The third kappa shape index (κ3) is 70.8. The van der Waals surface area contributed by atoms with Crippen LogP contribution in [-0.2, 0) is 28.6 Å². The van der Waals surface area contributed by atoms with Crippen LogP contribution in [0.2, 0.25) is 0 Å². The van der Waals surface area contributed by atoms with Crippen molar-refractivity contribution in [1.82, 2.24) is 0 Å². The number of unbranched alkanes of at least 4 members (excludes halogenated alkanes) is 59. The fraction of sp³-hybridized carbons (Fsp3) is 0.935. The Morgan fingerprint density at radius 1 is 0.229 bits per heavy atom.